The molecule has 0 radical (unpaired) electrons. The Labute approximate surface area is 153 Å². The molecule has 0 amide bonds. The van der Waals surface area contributed by atoms with Gasteiger partial charge in [-0.2, -0.15) is 10.2 Å². The van der Waals surface area contributed by atoms with Crippen LogP contribution in [0.2, 0.25) is 0 Å². The summed E-state index contributed by atoms with van der Waals surface area (Å²) in [6.07, 6.45) is 1.48. The number of hydrogen-bond donors (Lipinski definition) is 1. The van der Waals surface area contributed by atoms with Gasteiger partial charge in [0.25, 0.3) is 0 Å². The van der Waals surface area contributed by atoms with Gasteiger partial charge < -0.3 is 19.3 Å². The molecule has 3 rings (SSSR count). The minimum atomic E-state index is -0.461. The van der Waals surface area contributed by atoms with Crippen LogP contribution in [-0.4, -0.2) is 29.5 Å². The first-order valence-corrected chi connectivity index (χ1v) is 8.92. The van der Waals surface area contributed by atoms with E-state index in [-0.39, 0.29) is 6.04 Å². The average molecular weight is 356 g/mol. The number of aromatic nitrogens is 2. The van der Waals surface area contributed by atoms with Crippen LogP contribution in [0.25, 0.3) is 0 Å². The molecule has 1 aliphatic heterocycles. The molecule has 7 nitrogen and oxygen atoms in total. The van der Waals surface area contributed by atoms with Gasteiger partial charge in [0.2, 0.25) is 5.89 Å². The molecule has 1 aromatic heterocycles. The molecule has 2 heterocycles. The van der Waals surface area contributed by atoms with Crippen LogP contribution in [0.4, 0.5) is 0 Å². The molecule has 0 unspecified atom stereocenters. The SMILES string of the molecule is Cc1noc([C@H](NCc2ccc(O[C@H](C)C#N)cc2)C2CCOCC2)n1. The van der Waals surface area contributed by atoms with Crippen LogP contribution in [0.5, 0.6) is 5.75 Å². The van der Waals surface area contributed by atoms with Crippen molar-refractivity contribution in [1.29, 1.82) is 5.26 Å². The fourth-order valence-electron chi connectivity index (χ4n) is 3.09. The fraction of sp³-hybridized carbons (Fsp3) is 0.526. The topological polar surface area (TPSA) is 93.2 Å². The zero-order valence-corrected chi connectivity index (χ0v) is 15.1. The molecule has 1 saturated heterocycles. The number of aryl methyl sites for hydroxylation is 1. The lowest BCUT2D eigenvalue weighted by Gasteiger charge is -2.28. The largest absolute Gasteiger partial charge is 0.476 e. The molecule has 7 heteroatoms. The fourth-order valence-corrected chi connectivity index (χ4v) is 3.09. The maximum absolute atomic E-state index is 8.82. The van der Waals surface area contributed by atoms with Gasteiger partial charge in [0, 0.05) is 19.8 Å². The van der Waals surface area contributed by atoms with Crippen molar-refractivity contribution in [2.45, 2.75) is 45.4 Å². The Kier molecular flexibility index (Phi) is 6.21. The summed E-state index contributed by atoms with van der Waals surface area (Å²) >= 11 is 0. The van der Waals surface area contributed by atoms with Crippen molar-refractivity contribution in [3.8, 4) is 11.8 Å². The van der Waals surface area contributed by atoms with Gasteiger partial charge in [0.05, 0.1) is 6.04 Å². The maximum atomic E-state index is 8.82. The van der Waals surface area contributed by atoms with E-state index in [0.717, 1.165) is 31.6 Å². The molecule has 1 aromatic carbocycles. The molecule has 0 aliphatic carbocycles. The van der Waals surface area contributed by atoms with Crippen LogP contribution in [-0.2, 0) is 11.3 Å². The van der Waals surface area contributed by atoms with Gasteiger partial charge in [0.15, 0.2) is 11.9 Å². The van der Waals surface area contributed by atoms with Gasteiger partial charge in [-0.1, -0.05) is 17.3 Å². The number of benzene rings is 1. The van der Waals surface area contributed by atoms with Crippen molar-refractivity contribution in [3.05, 3.63) is 41.5 Å². The van der Waals surface area contributed by atoms with Gasteiger partial charge in [-0.25, -0.2) is 0 Å². The molecular formula is C19H24N4O3. The highest BCUT2D eigenvalue weighted by atomic mass is 16.5. The smallest absolute Gasteiger partial charge is 0.244 e. The summed E-state index contributed by atoms with van der Waals surface area (Å²) < 4.78 is 16.4. The quantitative estimate of drug-likeness (QED) is 0.815. The molecule has 0 spiro atoms. The van der Waals surface area contributed by atoms with Crippen molar-refractivity contribution in [2.24, 2.45) is 5.92 Å². The number of nitrogens with one attached hydrogen (secondary N) is 1. The van der Waals surface area contributed by atoms with Gasteiger partial charge in [-0.3, -0.25) is 0 Å². The lowest BCUT2D eigenvalue weighted by Crippen LogP contribution is -2.32. The second-order valence-electron chi connectivity index (χ2n) is 6.52. The molecule has 1 aliphatic rings. The first kappa shape index (κ1) is 18.4. The van der Waals surface area contributed by atoms with Gasteiger partial charge in [-0.05, 0) is 50.3 Å². The van der Waals surface area contributed by atoms with Crippen molar-refractivity contribution >= 4 is 0 Å². The Bertz CT molecular complexity index is 732. The van der Waals surface area contributed by atoms with Gasteiger partial charge in [-0.15, -0.1) is 0 Å². The highest BCUT2D eigenvalue weighted by Gasteiger charge is 2.29. The summed E-state index contributed by atoms with van der Waals surface area (Å²) in [5, 5.41) is 16.3. The molecular weight excluding hydrogens is 332 g/mol. The number of hydrogen-bond acceptors (Lipinski definition) is 7. The lowest BCUT2D eigenvalue weighted by atomic mass is 9.91. The summed E-state index contributed by atoms with van der Waals surface area (Å²) in [4.78, 5) is 4.42. The third-order valence-electron chi connectivity index (χ3n) is 4.49. The zero-order valence-electron chi connectivity index (χ0n) is 15.1. The summed E-state index contributed by atoms with van der Waals surface area (Å²) in [7, 11) is 0. The van der Waals surface area contributed by atoms with Crippen molar-refractivity contribution in [2.75, 3.05) is 13.2 Å². The molecule has 1 fully saturated rings. The first-order chi connectivity index (χ1) is 12.7. The number of ether oxygens (including phenoxy) is 2. The van der Waals surface area contributed by atoms with Crippen LogP contribution < -0.4 is 10.1 Å². The molecule has 0 saturated carbocycles. The maximum Gasteiger partial charge on any atom is 0.244 e. The third-order valence-corrected chi connectivity index (χ3v) is 4.49. The van der Waals surface area contributed by atoms with Crippen LogP contribution in [0.15, 0.2) is 28.8 Å². The van der Waals surface area contributed by atoms with E-state index in [1.807, 2.05) is 31.2 Å². The van der Waals surface area contributed by atoms with Crippen molar-refractivity contribution in [1.82, 2.24) is 15.5 Å². The molecule has 2 atom stereocenters. The van der Waals surface area contributed by atoms with E-state index in [0.29, 0.717) is 29.9 Å². The molecule has 2 aromatic rings. The Morgan fingerprint density at radius 2 is 2.04 bits per heavy atom. The minimum Gasteiger partial charge on any atom is -0.476 e. The van der Waals surface area contributed by atoms with E-state index in [1.54, 1.807) is 6.92 Å². The summed E-state index contributed by atoms with van der Waals surface area (Å²) in [5.74, 6) is 2.38. The summed E-state index contributed by atoms with van der Waals surface area (Å²) in [6.45, 7) is 5.75. The Morgan fingerprint density at radius 3 is 2.65 bits per heavy atom. The van der Waals surface area contributed by atoms with E-state index in [2.05, 4.69) is 21.5 Å². The van der Waals surface area contributed by atoms with Gasteiger partial charge in [0.1, 0.15) is 11.8 Å². The Hall–Kier alpha value is -2.43. The average Bonchev–Trinajstić information content (AvgIpc) is 3.10. The first-order valence-electron chi connectivity index (χ1n) is 8.92. The number of nitriles is 1. The minimum absolute atomic E-state index is 0.00892. The predicted molar refractivity (Wildman–Crippen MR) is 94.3 cm³/mol. The van der Waals surface area contributed by atoms with Crippen LogP contribution in [0, 0.1) is 24.2 Å². The highest BCUT2D eigenvalue weighted by molar-refractivity contribution is 5.27. The molecule has 138 valence electrons. The Balaban J connectivity index is 1.64. The van der Waals surface area contributed by atoms with E-state index in [4.69, 9.17) is 19.3 Å². The summed E-state index contributed by atoms with van der Waals surface area (Å²) in [5.41, 5.74) is 1.12. The van der Waals surface area contributed by atoms with Crippen LogP contribution >= 0.6 is 0 Å². The normalized spacial score (nSPS) is 17.4. The van der Waals surface area contributed by atoms with E-state index in [9.17, 15) is 0 Å². The van der Waals surface area contributed by atoms with Crippen molar-refractivity contribution < 1.29 is 14.0 Å². The lowest BCUT2D eigenvalue weighted by molar-refractivity contribution is 0.0485. The van der Waals surface area contributed by atoms with Gasteiger partial charge >= 0.3 is 0 Å². The second kappa shape index (κ2) is 8.79. The third kappa shape index (κ3) is 4.81. The number of nitrogens with zero attached hydrogens (tertiary/aromatic N) is 3. The van der Waals surface area contributed by atoms with Crippen LogP contribution in [0.1, 0.15) is 43.1 Å². The standard InChI is InChI=1S/C19H24N4O3/c1-13(11-20)25-17-5-3-15(4-6-17)12-21-18(16-7-9-24-10-8-16)19-22-14(2)23-26-19/h3-6,13,16,18,21H,7-10,12H2,1-2H3/t13-,18-/m1/s1. The molecule has 26 heavy (non-hydrogen) atoms. The van der Waals surface area contributed by atoms with Crippen LogP contribution in [0.3, 0.4) is 0 Å². The van der Waals surface area contributed by atoms with E-state index >= 15 is 0 Å². The van der Waals surface area contributed by atoms with E-state index in [1.165, 1.54) is 0 Å². The van der Waals surface area contributed by atoms with E-state index < -0.39 is 6.10 Å². The Morgan fingerprint density at radius 1 is 1.31 bits per heavy atom. The number of rotatable bonds is 7. The monoisotopic (exact) mass is 356 g/mol. The molecule has 0 bridgehead atoms. The second-order valence-corrected chi connectivity index (χ2v) is 6.52. The highest BCUT2D eigenvalue weighted by Crippen LogP contribution is 2.29. The zero-order chi connectivity index (χ0) is 18.4. The molecule has 1 N–H and O–H groups in total. The van der Waals surface area contributed by atoms with Crippen molar-refractivity contribution in [3.63, 3.8) is 0 Å². The summed E-state index contributed by atoms with van der Waals surface area (Å²) in [6, 6.07) is 9.81. The predicted octanol–water partition coefficient (Wildman–Crippen LogP) is 2.93.